The van der Waals surface area contributed by atoms with E-state index in [-0.39, 0.29) is 16.6 Å². The third-order valence-corrected chi connectivity index (χ3v) is 7.31. The molecule has 0 fully saturated rings. The molecule has 0 radical (unpaired) electrons. The van der Waals surface area contributed by atoms with Crippen molar-refractivity contribution in [2.45, 2.75) is 29.1 Å². The molecule has 3 aromatic rings. The molecular formula is C23H22N2O3S2. The normalized spacial score (nSPS) is 12.9. The summed E-state index contributed by atoms with van der Waals surface area (Å²) in [6, 6.07) is 21.3. The zero-order valence-corrected chi connectivity index (χ0v) is 17.9. The molecule has 0 heterocycles. The Balaban J connectivity index is 1.42. The zero-order valence-electron chi connectivity index (χ0n) is 16.3. The minimum atomic E-state index is -3.74. The second-order valence-electron chi connectivity index (χ2n) is 7.09. The van der Waals surface area contributed by atoms with Gasteiger partial charge < -0.3 is 5.32 Å². The summed E-state index contributed by atoms with van der Waals surface area (Å²) >= 11 is 1.48. The summed E-state index contributed by atoms with van der Waals surface area (Å²) in [7, 11) is -3.74. The maximum atomic E-state index is 12.6. The van der Waals surface area contributed by atoms with E-state index in [1.54, 1.807) is 42.5 Å². The van der Waals surface area contributed by atoms with Crippen LogP contribution in [0.25, 0.3) is 0 Å². The molecule has 3 aromatic carbocycles. The fourth-order valence-corrected chi connectivity index (χ4v) is 5.32. The van der Waals surface area contributed by atoms with E-state index < -0.39 is 10.0 Å². The first kappa shape index (κ1) is 20.5. The maximum Gasteiger partial charge on any atom is 0.261 e. The van der Waals surface area contributed by atoms with E-state index in [1.165, 1.54) is 41.4 Å². The molecule has 0 aromatic heterocycles. The number of hydrogen-bond acceptors (Lipinski definition) is 4. The third kappa shape index (κ3) is 4.86. The van der Waals surface area contributed by atoms with Crippen molar-refractivity contribution in [3.05, 3.63) is 83.9 Å². The Hall–Kier alpha value is -2.77. The van der Waals surface area contributed by atoms with Gasteiger partial charge >= 0.3 is 0 Å². The van der Waals surface area contributed by atoms with Gasteiger partial charge in [0.25, 0.3) is 10.0 Å². The van der Waals surface area contributed by atoms with Gasteiger partial charge in [0.2, 0.25) is 5.91 Å². The summed E-state index contributed by atoms with van der Waals surface area (Å²) in [5.41, 5.74) is 3.54. The van der Waals surface area contributed by atoms with E-state index in [0.29, 0.717) is 11.4 Å². The Morgan fingerprint density at radius 1 is 0.867 bits per heavy atom. The number of para-hydroxylation sites is 2. The number of amides is 1. The third-order valence-electron chi connectivity index (χ3n) is 4.94. The van der Waals surface area contributed by atoms with Crippen molar-refractivity contribution < 1.29 is 13.2 Å². The van der Waals surface area contributed by atoms with Gasteiger partial charge in [0.1, 0.15) is 0 Å². The van der Waals surface area contributed by atoms with Crippen LogP contribution in [0.5, 0.6) is 0 Å². The average Bonchev–Trinajstić information content (AvgIpc) is 3.22. The first-order valence-corrected chi connectivity index (χ1v) is 12.2. The quantitative estimate of drug-likeness (QED) is 0.524. The summed E-state index contributed by atoms with van der Waals surface area (Å²) in [6.07, 6.45) is 3.43. The molecular weight excluding hydrogens is 416 g/mol. The van der Waals surface area contributed by atoms with Crippen LogP contribution in [0.3, 0.4) is 0 Å². The molecule has 2 N–H and O–H groups in total. The molecule has 0 saturated heterocycles. The molecule has 30 heavy (non-hydrogen) atoms. The first-order valence-electron chi connectivity index (χ1n) is 9.73. The molecule has 0 spiro atoms. The fraction of sp³-hybridized carbons (Fsp3) is 0.174. The van der Waals surface area contributed by atoms with E-state index in [4.69, 9.17) is 0 Å². The van der Waals surface area contributed by atoms with Crippen LogP contribution in [0.15, 0.2) is 82.6 Å². The number of carbonyl (C=O) groups is 1. The highest BCUT2D eigenvalue weighted by Gasteiger charge is 2.17. The largest absolute Gasteiger partial charge is 0.324 e. The van der Waals surface area contributed by atoms with Gasteiger partial charge in [-0.1, -0.05) is 36.4 Å². The summed E-state index contributed by atoms with van der Waals surface area (Å²) in [6.45, 7) is 0. The summed E-state index contributed by atoms with van der Waals surface area (Å²) < 4.78 is 27.8. The number of hydrogen-bond donors (Lipinski definition) is 2. The van der Waals surface area contributed by atoms with Crippen molar-refractivity contribution >= 4 is 39.1 Å². The number of fused-ring (bicyclic) bond motifs is 1. The van der Waals surface area contributed by atoms with Crippen molar-refractivity contribution in [3.63, 3.8) is 0 Å². The molecule has 0 saturated carbocycles. The highest BCUT2D eigenvalue weighted by Crippen LogP contribution is 2.28. The van der Waals surface area contributed by atoms with E-state index in [0.717, 1.165) is 17.7 Å². The molecule has 0 atom stereocenters. The van der Waals surface area contributed by atoms with Gasteiger partial charge in [0.15, 0.2) is 0 Å². The summed E-state index contributed by atoms with van der Waals surface area (Å²) in [5, 5.41) is 2.82. The molecule has 1 amide bonds. The molecule has 7 heteroatoms. The lowest BCUT2D eigenvalue weighted by atomic mass is 10.1. The Morgan fingerprint density at radius 3 is 2.37 bits per heavy atom. The summed E-state index contributed by atoms with van der Waals surface area (Å²) in [4.78, 5) is 13.7. The number of carbonyl (C=O) groups excluding carboxylic acids is 1. The highest BCUT2D eigenvalue weighted by atomic mass is 32.2. The number of sulfonamides is 1. The van der Waals surface area contributed by atoms with Crippen molar-refractivity contribution in [2.75, 3.05) is 15.8 Å². The highest BCUT2D eigenvalue weighted by molar-refractivity contribution is 8.00. The second kappa shape index (κ2) is 8.93. The van der Waals surface area contributed by atoms with Crippen molar-refractivity contribution in [1.29, 1.82) is 0 Å². The molecule has 0 unspecified atom stereocenters. The lowest BCUT2D eigenvalue weighted by molar-refractivity contribution is -0.113. The lowest BCUT2D eigenvalue weighted by Gasteiger charge is -2.13. The van der Waals surface area contributed by atoms with Gasteiger partial charge in [-0.2, -0.15) is 0 Å². The number of aryl methyl sites for hydroxylation is 2. The minimum Gasteiger partial charge on any atom is -0.324 e. The number of anilines is 2. The molecule has 0 bridgehead atoms. The topological polar surface area (TPSA) is 75.3 Å². The molecule has 1 aliphatic rings. The number of nitrogens with one attached hydrogen (secondary N) is 2. The van der Waals surface area contributed by atoms with Crippen molar-refractivity contribution in [3.8, 4) is 0 Å². The van der Waals surface area contributed by atoms with Crippen LogP contribution in [0, 0.1) is 0 Å². The van der Waals surface area contributed by atoms with Gasteiger partial charge in [-0.3, -0.25) is 9.52 Å². The average molecular weight is 439 g/mol. The van der Waals surface area contributed by atoms with E-state index >= 15 is 0 Å². The van der Waals surface area contributed by atoms with Crippen LogP contribution in [0.1, 0.15) is 17.5 Å². The Kier molecular flexibility index (Phi) is 6.11. The molecule has 5 nitrogen and oxygen atoms in total. The van der Waals surface area contributed by atoms with Crippen molar-refractivity contribution in [1.82, 2.24) is 0 Å². The number of rotatable bonds is 7. The van der Waals surface area contributed by atoms with Crippen LogP contribution in [-0.4, -0.2) is 20.1 Å². The SMILES string of the molecule is O=C(CSc1ccc2c(c1)CCC2)Nc1ccccc1NS(=O)(=O)c1ccccc1. The van der Waals surface area contributed by atoms with E-state index in [2.05, 4.69) is 28.2 Å². The molecule has 154 valence electrons. The van der Waals surface area contributed by atoms with Gasteiger partial charge in [0.05, 0.1) is 22.0 Å². The van der Waals surface area contributed by atoms with Gasteiger partial charge in [-0.15, -0.1) is 11.8 Å². The summed E-state index contributed by atoms with van der Waals surface area (Å²) in [5.74, 6) is 0.0605. The lowest BCUT2D eigenvalue weighted by Crippen LogP contribution is -2.18. The fourth-order valence-electron chi connectivity index (χ4n) is 3.46. The first-order chi connectivity index (χ1) is 14.5. The van der Waals surface area contributed by atoms with Crippen LogP contribution in [-0.2, 0) is 27.7 Å². The van der Waals surface area contributed by atoms with Crippen LogP contribution >= 0.6 is 11.8 Å². The van der Waals surface area contributed by atoms with Gasteiger partial charge in [-0.25, -0.2) is 8.42 Å². The second-order valence-corrected chi connectivity index (χ2v) is 9.82. The zero-order chi connectivity index (χ0) is 21.0. The molecule has 1 aliphatic carbocycles. The predicted molar refractivity (Wildman–Crippen MR) is 122 cm³/mol. The number of thioether (sulfide) groups is 1. The number of benzene rings is 3. The van der Waals surface area contributed by atoms with Gasteiger partial charge in [0, 0.05) is 4.90 Å². The standard InChI is InChI=1S/C23H22N2O3S2/c26-23(16-29-19-14-13-17-7-6-8-18(17)15-19)24-21-11-4-5-12-22(21)25-30(27,28)20-9-2-1-3-10-20/h1-5,9-15,25H,6-8,16H2,(H,24,26). The molecule has 0 aliphatic heterocycles. The maximum absolute atomic E-state index is 12.6. The van der Waals surface area contributed by atoms with Crippen molar-refractivity contribution in [2.24, 2.45) is 0 Å². The van der Waals surface area contributed by atoms with E-state index in [1.807, 2.05) is 0 Å². The Morgan fingerprint density at radius 2 is 1.57 bits per heavy atom. The van der Waals surface area contributed by atoms with E-state index in [9.17, 15) is 13.2 Å². The van der Waals surface area contributed by atoms with Crippen LogP contribution < -0.4 is 10.0 Å². The predicted octanol–water partition coefficient (Wildman–Crippen LogP) is 4.71. The Labute approximate surface area is 181 Å². The van der Waals surface area contributed by atoms with Gasteiger partial charge in [-0.05, 0) is 66.8 Å². The Bertz CT molecular complexity index is 1160. The van der Waals surface area contributed by atoms with Crippen LogP contribution in [0.2, 0.25) is 0 Å². The monoisotopic (exact) mass is 438 g/mol. The minimum absolute atomic E-state index is 0.165. The molecule has 4 rings (SSSR count). The smallest absolute Gasteiger partial charge is 0.261 e. The van der Waals surface area contributed by atoms with Crippen LogP contribution in [0.4, 0.5) is 11.4 Å².